The van der Waals surface area contributed by atoms with Crippen molar-refractivity contribution in [1.29, 1.82) is 0 Å². The van der Waals surface area contributed by atoms with Crippen LogP contribution >= 0.6 is 11.8 Å². The lowest BCUT2D eigenvalue weighted by atomic mass is 10.0. The smallest absolute Gasteiger partial charge is 0.239 e. The van der Waals surface area contributed by atoms with Gasteiger partial charge < -0.3 is 5.84 Å². The van der Waals surface area contributed by atoms with Crippen molar-refractivity contribution in [2.24, 2.45) is 0 Å². The number of nitrogen functional groups attached to an aromatic ring is 1. The van der Waals surface area contributed by atoms with Crippen molar-refractivity contribution >= 4 is 34.3 Å². The summed E-state index contributed by atoms with van der Waals surface area (Å²) in [5.74, 6) is 6.57. The zero-order valence-electron chi connectivity index (χ0n) is 14.7. The van der Waals surface area contributed by atoms with E-state index in [1.165, 1.54) is 21.3 Å². The Morgan fingerprint density at radius 3 is 2.78 bits per heavy atom. The summed E-state index contributed by atoms with van der Waals surface area (Å²) in [5.41, 5.74) is 1.11. The number of carbonyl (C=O) groups is 2. The monoisotopic (exact) mass is 381 g/mol. The molecule has 4 rings (SSSR count). The van der Waals surface area contributed by atoms with Gasteiger partial charge in [0.25, 0.3) is 0 Å². The van der Waals surface area contributed by atoms with Gasteiger partial charge in [-0.1, -0.05) is 54.2 Å². The quantitative estimate of drug-likeness (QED) is 0.536. The Kier molecular flexibility index (Phi) is 4.81. The topological polar surface area (TPSA) is 94.1 Å². The summed E-state index contributed by atoms with van der Waals surface area (Å²) in [4.78, 5) is 25.1. The highest BCUT2D eigenvalue weighted by molar-refractivity contribution is 7.99. The van der Waals surface area contributed by atoms with Crippen LogP contribution in [0.4, 0.5) is 0 Å². The SMILES string of the molecule is Nn1c(Cc2cccc3ccccc23)nnc1SCC(=O)N1CCCC1=O. The third-order valence-corrected chi connectivity index (χ3v) is 5.59. The minimum Gasteiger partial charge on any atom is -0.336 e. The first-order chi connectivity index (χ1) is 13.1. The lowest BCUT2D eigenvalue weighted by molar-refractivity contribution is -0.140. The van der Waals surface area contributed by atoms with Gasteiger partial charge in [0.2, 0.25) is 17.0 Å². The third-order valence-electron chi connectivity index (χ3n) is 4.66. The molecule has 0 unspecified atom stereocenters. The molecule has 1 aromatic heterocycles. The zero-order chi connectivity index (χ0) is 18.8. The van der Waals surface area contributed by atoms with Crippen LogP contribution < -0.4 is 5.84 Å². The normalized spacial score (nSPS) is 14.2. The number of carbonyl (C=O) groups excluding carboxylic acids is 2. The lowest BCUT2D eigenvalue weighted by Gasteiger charge is -2.12. The van der Waals surface area contributed by atoms with Crippen molar-refractivity contribution < 1.29 is 9.59 Å². The maximum Gasteiger partial charge on any atom is 0.239 e. The van der Waals surface area contributed by atoms with E-state index in [2.05, 4.69) is 28.4 Å². The molecule has 2 amide bonds. The average molecular weight is 381 g/mol. The highest BCUT2D eigenvalue weighted by Crippen LogP contribution is 2.22. The number of thioether (sulfide) groups is 1. The fraction of sp³-hybridized carbons (Fsp3) is 0.263. The second-order valence-electron chi connectivity index (χ2n) is 6.42. The Hall–Kier alpha value is -2.87. The molecule has 0 atom stereocenters. The molecule has 3 aromatic rings. The van der Waals surface area contributed by atoms with Gasteiger partial charge in [0, 0.05) is 19.4 Å². The summed E-state index contributed by atoms with van der Waals surface area (Å²) in [7, 11) is 0. The Morgan fingerprint density at radius 2 is 1.96 bits per heavy atom. The predicted molar refractivity (Wildman–Crippen MR) is 104 cm³/mol. The van der Waals surface area contributed by atoms with Gasteiger partial charge in [-0.15, -0.1) is 10.2 Å². The second kappa shape index (κ2) is 7.40. The summed E-state index contributed by atoms with van der Waals surface area (Å²) in [6.07, 6.45) is 1.72. The number of amides is 2. The van der Waals surface area contributed by atoms with E-state index >= 15 is 0 Å². The Bertz CT molecular complexity index is 1010. The Labute approximate surface area is 160 Å². The molecule has 2 N–H and O–H groups in total. The van der Waals surface area contributed by atoms with E-state index in [1.54, 1.807) is 0 Å². The van der Waals surface area contributed by atoms with Crippen LogP contribution in [0.2, 0.25) is 0 Å². The molecule has 7 nitrogen and oxygen atoms in total. The number of benzene rings is 2. The fourth-order valence-electron chi connectivity index (χ4n) is 3.26. The number of nitrogens with two attached hydrogens (primary N) is 1. The molecule has 138 valence electrons. The Balaban J connectivity index is 1.47. The number of nitrogens with zero attached hydrogens (tertiary/aromatic N) is 4. The van der Waals surface area contributed by atoms with E-state index in [4.69, 9.17) is 5.84 Å². The summed E-state index contributed by atoms with van der Waals surface area (Å²) in [5, 5.41) is 11.1. The number of aromatic nitrogens is 3. The van der Waals surface area contributed by atoms with Crippen molar-refractivity contribution in [3.8, 4) is 0 Å². The molecule has 1 saturated heterocycles. The molecular weight excluding hydrogens is 362 g/mol. The second-order valence-corrected chi connectivity index (χ2v) is 7.36. The third kappa shape index (κ3) is 3.52. The molecular formula is C19H19N5O2S. The first kappa shape index (κ1) is 17.5. The van der Waals surface area contributed by atoms with Crippen molar-refractivity contribution in [1.82, 2.24) is 19.8 Å². The summed E-state index contributed by atoms with van der Waals surface area (Å²) in [6, 6.07) is 14.3. The average Bonchev–Trinajstić information content (AvgIpc) is 3.26. The van der Waals surface area contributed by atoms with E-state index in [0.29, 0.717) is 30.4 Å². The number of hydrogen-bond acceptors (Lipinski definition) is 6. The Morgan fingerprint density at radius 1 is 1.15 bits per heavy atom. The molecule has 1 aliphatic heterocycles. The minimum absolute atomic E-state index is 0.105. The van der Waals surface area contributed by atoms with Crippen LogP contribution in [-0.4, -0.2) is 43.9 Å². The molecule has 0 aliphatic carbocycles. The van der Waals surface area contributed by atoms with Crippen LogP contribution in [0.25, 0.3) is 10.8 Å². The van der Waals surface area contributed by atoms with E-state index in [1.807, 2.05) is 24.3 Å². The van der Waals surface area contributed by atoms with Gasteiger partial charge in [0.15, 0.2) is 5.82 Å². The number of rotatable bonds is 5. The van der Waals surface area contributed by atoms with Gasteiger partial charge in [0.1, 0.15) is 0 Å². The minimum atomic E-state index is -0.207. The first-order valence-corrected chi connectivity index (χ1v) is 9.74. The number of imide groups is 1. The fourth-order valence-corrected chi connectivity index (χ4v) is 4.01. The molecule has 1 aliphatic rings. The van der Waals surface area contributed by atoms with Crippen LogP contribution in [0.5, 0.6) is 0 Å². The molecule has 0 bridgehead atoms. The number of likely N-dealkylation sites (tertiary alicyclic amines) is 1. The standard InChI is InChI=1S/C19H19N5O2S/c20-24-16(11-14-7-3-6-13-5-1-2-8-15(13)14)21-22-19(24)27-12-18(26)23-10-4-9-17(23)25/h1-3,5-8H,4,9-12,20H2. The molecule has 0 spiro atoms. The highest BCUT2D eigenvalue weighted by atomic mass is 32.2. The van der Waals surface area contributed by atoms with E-state index in [-0.39, 0.29) is 17.6 Å². The first-order valence-electron chi connectivity index (χ1n) is 8.75. The van der Waals surface area contributed by atoms with Crippen LogP contribution in [-0.2, 0) is 16.0 Å². The van der Waals surface area contributed by atoms with Crippen molar-refractivity contribution in [2.45, 2.75) is 24.4 Å². The molecule has 2 heterocycles. The predicted octanol–water partition coefficient (Wildman–Crippen LogP) is 1.98. The molecule has 0 saturated carbocycles. The van der Waals surface area contributed by atoms with Gasteiger partial charge in [-0.3, -0.25) is 14.5 Å². The maximum atomic E-state index is 12.2. The van der Waals surface area contributed by atoms with E-state index < -0.39 is 0 Å². The summed E-state index contributed by atoms with van der Waals surface area (Å²) < 4.78 is 1.42. The lowest BCUT2D eigenvalue weighted by Crippen LogP contribution is -2.33. The number of fused-ring (bicyclic) bond motifs is 1. The van der Waals surface area contributed by atoms with Crippen molar-refractivity contribution in [3.63, 3.8) is 0 Å². The van der Waals surface area contributed by atoms with Gasteiger partial charge in [-0.05, 0) is 22.8 Å². The molecule has 8 heteroatoms. The highest BCUT2D eigenvalue weighted by Gasteiger charge is 2.26. The largest absolute Gasteiger partial charge is 0.336 e. The zero-order valence-corrected chi connectivity index (χ0v) is 15.5. The van der Waals surface area contributed by atoms with Crippen LogP contribution in [0, 0.1) is 0 Å². The van der Waals surface area contributed by atoms with Crippen LogP contribution in [0.1, 0.15) is 24.2 Å². The van der Waals surface area contributed by atoms with Crippen LogP contribution in [0.3, 0.4) is 0 Å². The van der Waals surface area contributed by atoms with E-state index in [9.17, 15) is 9.59 Å². The molecule has 27 heavy (non-hydrogen) atoms. The summed E-state index contributed by atoms with van der Waals surface area (Å²) in [6.45, 7) is 0.500. The van der Waals surface area contributed by atoms with Crippen molar-refractivity contribution in [2.75, 3.05) is 18.1 Å². The molecule has 2 aromatic carbocycles. The summed E-state index contributed by atoms with van der Waals surface area (Å²) >= 11 is 1.20. The molecule has 0 radical (unpaired) electrons. The molecule has 1 fully saturated rings. The van der Waals surface area contributed by atoms with Crippen LogP contribution in [0.15, 0.2) is 47.6 Å². The van der Waals surface area contributed by atoms with Gasteiger partial charge >= 0.3 is 0 Å². The van der Waals surface area contributed by atoms with Gasteiger partial charge in [-0.2, -0.15) is 0 Å². The van der Waals surface area contributed by atoms with Gasteiger partial charge in [-0.25, -0.2) is 4.68 Å². The van der Waals surface area contributed by atoms with Crippen molar-refractivity contribution in [3.05, 3.63) is 53.9 Å². The maximum absolute atomic E-state index is 12.2. The van der Waals surface area contributed by atoms with Gasteiger partial charge in [0.05, 0.1) is 5.75 Å². The van der Waals surface area contributed by atoms with E-state index in [0.717, 1.165) is 22.8 Å². The number of hydrogen-bond donors (Lipinski definition) is 1.